The number of aromatic carboxylic acids is 1. The van der Waals surface area contributed by atoms with Crippen LogP contribution in [-0.4, -0.2) is 23.5 Å². The molecule has 0 saturated carbocycles. The molecule has 4 N–H and O–H groups in total. The number of aliphatic imine (C=N–C) groups is 1. The zero-order valence-electron chi connectivity index (χ0n) is 13.7. The number of nitrogens with zero attached hydrogens (tertiary/aromatic N) is 1. The molecule has 132 valence electrons. The number of amidine groups is 1. The number of hydrogen-bond acceptors (Lipinski definition) is 5. The molecule has 1 aromatic heterocycles. The Morgan fingerprint density at radius 2 is 2.20 bits per heavy atom. The van der Waals surface area contributed by atoms with E-state index in [1.807, 2.05) is 36.4 Å². The molecule has 1 aromatic carbocycles. The van der Waals surface area contributed by atoms with Crippen molar-refractivity contribution >= 4 is 56.4 Å². The van der Waals surface area contributed by atoms with Crippen LogP contribution in [0.3, 0.4) is 0 Å². The van der Waals surface area contributed by atoms with Gasteiger partial charge in [-0.2, -0.15) is 0 Å². The molecule has 0 saturated heterocycles. The number of nitrogens with one attached hydrogen (secondary N) is 1. The molecule has 0 amide bonds. The van der Waals surface area contributed by atoms with E-state index in [0.717, 1.165) is 3.57 Å². The third-order valence-electron chi connectivity index (χ3n) is 3.97. The Bertz CT molecular complexity index is 892. The molecule has 0 fully saturated rings. The van der Waals surface area contributed by atoms with Crippen LogP contribution in [0.5, 0.6) is 0 Å². The van der Waals surface area contributed by atoms with Crippen molar-refractivity contribution < 1.29 is 14.3 Å². The van der Waals surface area contributed by atoms with Crippen molar-refractivity contribution in [3.63, 3.8) is 0 Å². The number of carboxylic acids is 1. The van der Waals surface area contributed by atoms with E-state index in [1.165, 1.54) is 17.4 Å². The second-order valence-corrected chi connectivity index (χ2v) is 8.98. The summed E-state index contributed by atoms with van der Waals surface area (Å²) in [4.78, 5) is 16.9. The summed E-state index contributed by atoms with van der Waals surface area (Å²) in [6.07, 6.45) is 0.543. The molecule has 2 heterocycles. The normalized spacial score (nSPS) is 15.9. The van der Waals surface area contributed by atoms with Crippen LogP contribution in [0.4, 0.5) is 15.1 Å². The number of anilines is 2. The number of benzene rings is 1. The van der Waals surface area contributed by atoms with Gasteiger partial charge in [0.25, 0.3) is 0 Å². The van der Waals surface area contributed by atoms with Gasteiger partial charge < -0.3 is 16.2 Å². The first kappa shape index (κ1) is 18.1. The summed E-state index contributed by atoms with van der Waals surface area (Å²) in [5, 5.41) is 13.0. The van der Waals surface area contributed by atoms with E-state index in [0.29, 0.717) is 34.2 Å². The second kappa shape index (κ2) is 6.56. The van der Waals surface area contributed by atoms with Crippen molar-refractivity contribution in [3.05, 3.63) is 43.6 Å². The summed E-state index contributed by atoms with van der Waals surface area (Å²) < 4.78 is 14.9. The van der Waals surface area contributed by atoms with Crippen LogP contribution >= 0.6 is 33.9 Å². The lowest BCUT2D eigenvalue weighted by Gasteiger charge is -2.20. The Balaban J connectivity index is 2.12. The van der Waals surface area contributed by atoms with Gasteiger partial charge in [-0.15, -0.1) is 11.3 Å². The van der Waals surface area contributed by atoms with Crippen LogP contribution < -0.4 is 11.1 Å². The van der Waals surface area contributed by atoms with Crippen LogP contribution in [0, 0.1) is 14.8 Å². The van der Waals surface area contributed by atoms with Crippen molar-refractivity contribution in [1.82, 2.24) is 0 Å². The molecule has 8 heteroatoms. The highest BCUT2D eigenvalue weighted by Crippen LogP contribution is 2.40. The minimum Gasteiger partial charge on any atom is -0.478 e. The third-order valence-corrected chi connectivity index (χ3v) is 5.81. The number of rotatable bonds is 3. The Morgan fingerprint density at radius 3 is 2.84 bits per heavy atom. The number of hydrogen-bond donors (Lipinski definition) is 3. The quantitative estimate of drug-likeness (QED) is 0.583. The van der Waals surface area contributed by atoms with Crippen molar-refractivity contribution in [2.75, 3.05) is 11.9 Å². The zero-order valence-corrected chi connectivity index (χ0v) is 16.7. The maximum atomic E-state index is 14.2. The molecular weight excluding hydrogens is 456 g/mol. The Kier molecular flexibility index (Phi) is 4.76. The average Bonchev–Trinajstić information content (AvgIpc) is 2.80. The lowest BCUT2D eigenvalue weighted by Crippen LogP contribution is -2.19. The molecule has 0 radical (unpaired) electrons. The summed E-state index contributed by atoms with van der Waals surface area (Å²) in [5.74, 6) is -1.16. The summed E-state index contributed by atoms with van der Waals surface area (Å²) >= 11 is 3.22. The molecule has 0 spiro atoms. The van der Waals surface area contributed by atoms with Crippen LogP contribution in [0.2, 0.25) is 0 Å². The summed E-state index contributed by atoms with van der Waals surface area (Å²) in [7, 11) is 0. The average molecular weight is 473 g/mol. The first-order valence-electron chi connectivity index (χ1n) is 7.59. The van der Waals surface area contributed by atoms with Crippen molar-refractivity contribution in [1.29, 1.82) is 0 Å². The fourth-order valence-corrected chi connectivity index (χ4v) is 4.37. The van der Waals surface area contributed by atoms with Gasteiger partial charge in [-0.1, -0.05) is 13.8 Å². The Morgan fingerprint density at radius 1 is 1.48 bits per heavy atom. The van der Waals surface area contributed by atoms with E-state index in [-0.39, 0.29) is 16.7 Å². The molecule has 1 aliphatic heterocycles. The maximum absolute atomic E-state index is 14.2. The monoisotopic (exact) mass is 473 g/mol. The Hall–Kier alpha value is -1.68. The largest absolute Gasteiger partial charge is 0.478 e. The number of carbonyl (C=O) groups is 1. The smallest absolute Gasteiger partial charge is 0.339 e. The first-order valence-corrected chi connectivity index (χ1v) is 9.49. The first-order chi connectivity index (χ1) is 11.7. The van der Waals surface area contributed by atoms with Gasteiger partial charge >= 0.3 is 5.97 Å². The van der Waals surface area contributed by atoms with Crippen LogP contribution in [0.25, 0.3) is 0 Å². The van der Waals surface area contributed by atoms with Gasteiger partial charge in [0.05, 0.1) is 16.1 Å². The summed E-state index contributed by atoms with van der Waals surface area (Å²) in [6, 6.07) is 4.74. The second-order valence-electron chi connectivity index (χ2n) is 6.71. The van der Waals surface area contributed by atoms with Gasteiger partial charge in [-0.3, -0.25) is 4.99 Å². The fourth-order valence-electron chi connectivity index (χ4n) is 2.77. The molecule has 0 unspecified atom stereocenters. The minimum absolute atomic E-state index is 0.145. The molecule has 0 atom stereocenters. The van der Waals surface area contributed by atoms with Crippen molar-refractivity contribution in [3.8, 4) is 0 Å². The highest BCUT2D eigenvalue weighted by Gasteiger charge is 2.32. The van der Waals surface area contributed by atoms with Gasteiger partial charge in [0.15, 0.2) is 0 Å². The fraction of sp³-hybridized carbons (Fsp3) is 0.294. The Labute approximate surface area is 162 Å². The molecule has 0 bridgehead atoms. The predicted octanol–water partition coefficient (Wildman–Crippen LogP) is 4.22. The van der Waals surface area contributed by atoms with Gasteiger partial charge in [-0.05, 0) is 58.2 Å². The maximum Gasteiger partial charge on any atom is 0.339 e. The number of thiophene rings is 1. The predicted molar refractivity (Wildman–Crippen MR) is 107 cm³/mol. The van der Waals surface area contributed by atoms with Crippen LogP contribution in [-0.2, 0) is 6.42 Å². The van der Waals surface area contributed by atoms with E-state index < -0.39 is 11.8 Å². The SMILES string of the molecule is CC1(C)CN=C(N)c2sc(Nc3ccc(I)cc3F)c(C(=O)O)c2C1. The summed E-state index contributed by atoms with van der Waals surface area (Å²) in [5.41, 5.74) is 6.89. The van der Waals surface area contributed by atoms with Crippen molar-refractivity contribution in [2.24, 2.45) is 16.1 Å². The van der Waals surface area contributed by atoms with E-state index in [4.69, 9.17) is 5.73 Å². The van der Waals surface area contributed by atoms with Crippen LogP contribution in [0.15, 0.2) is 23.2 Å². The molecule has 3 rings (SSSR count). The number of halogens is 2. The summed E-state index contributed by atoms with van der Waals surface area (Å²) in [6.45, 7) is 4.58. The molecule has 2 aromatic rings. The highest BCUT2D eigenvalue weighted by atomic mass is 127. The topological polar surface area (TPSA) is 87.7 Å². The van der Waals surface area contributed by atoms with Gasteiger partial charge in [0.2, 0.25) is 0 Å². The minimum atomic E-state index is -1.06. The van der Waals surface area contributed by atoms with E-state index in [9.17, 15) is 14.3 Å². The van der Waals surface area contributed by atoms with E-state index >= 15 is 0 Å². The van der Waals surface area contributed by atoms with Gasteiger partial charge in [0.1, 0.15) is 16.7 Å². The van der Waals surface area contributed by atoms with Crippen LogP contribution in [0.1, 0.15) is 34.6 Å². The lowest BCUT2D eigenvalue weighted by atomic mass is 9.85. The van der Waals surface area contributed by atoms with E-state index in [1.54, 1.807) is 12.1 Å². The molecule has 25 heavy (non-hydrogen) atoms. The molecule has 1 aliphatic rings. The lowest BCUT2D eigenvalue weighted by molar-refractivity contribution is 0.0697. The zero-order chi connectivity index (χ0) is 18.4. The highest BCUT2D eigenvalue weighted by molar-refractivity contribution is 14.1. The van der Waals surface area contributed by atoms with Gasteiger partial charge in [-0.25, -0.2) is 9.18 Å². The molecule has 5 nitrogen and oxygen atoms in total. The number of nitrogens with two attached hydrogens (primary N) is 1. The standard InChI is InChI=1S/C17H17FIN3O2S/c1-17(2)6-9-12(16(23)24)15(25-13(9)14(20)21-7-17)22-11-4-3-8(19)5-10(11)18/h3-5,22H,6-7H2,1-2H3,(H2,20,21)(H,23,24). The van der Waals surface area contributed by atoms with E-state index in [2.05, 4.69) is 10.3 Å². The van der Waals surface area contributed by atoms with Gasteiger partial charge in [0, 0.05) is 10.1 Å². The number of carboxylic acid groups (broad SMARTS) is 1. The third kappa shape index (κ3) is 3.64. The van der Waals surface area contributed by atoms with Crippen molar-refractivity contribution in [2.45, 2.75) is 20.3 Å². The number of fused-ring (bicyclic) bond motifs is 1. The molecular formula is C17H17FIN3O2S. The molecule has 0 aliphatic carbocycles.